The number of rotatable bonds is 4. The Balaban J connectivity index is 2.43. The van der Waals surface area contributed by atoms with Gasteiger partial charge in [0, 0.05) is 25.4 Å². The summed E-state index contributed by atoms with van der Waals surface area (Å²) in [6.07, 6.45) is 1.80. The average molecular weight is 312 g/mol. The van der Waals surface area contributed by atoms with Crippen LogP contribution in [0.15, 0.2) is 11.1 Å². The van der Waals surface area contributed by atoms with Crippen molar-refractivity contribution in [1.29, 1.82) is 0 Å². The Hall–Kier alpha value is -1.44. The van der Waals surface area contributed by atoms with E-state index < -0.39 is 11.6 Å². The molecule has 1 aliphatic rings. The molecule has 1 aromatic heterocycles. The van der Waals surface area contributed by atoms with E-state index in [4.69, 9.17) is 9.47 Å². The second-order valence-corrected chi connectivity index (χ2v) is 6.26. The van der Waals surface area contributed by atoms with Crippen molar-refractivity contribution in [1.82, 2.24) is 4.90 Å². The molecule has 2 rings (SSSR count). The number of aliphatic imine (C=N–C) groups is 1. The van der Waals surface area contributed by atoms with Crippen LogP contribution in [0.3, 0.4) is 0 Å². The standard InChI is InChI=1S/C14H20N2O4S/c1-9-14(18,5-6-20-9)11-7-10(15-8-16(2)3)12(21-11)13(17)19-4/h7-9,18H,5-6H2,1-4H3. The Morgan fingerprint density at radius 1 is 1.67 bits per heavy atom. The highest BCUT2D eigenvalue weighted by atomic mass is 32.1. The van der Waals surface area contributed by atoms with Gasteiger partial charge in [0.1, 0.15) is 10.5 Å². The number of thiophene rings is 1. The van der Waals surface area contributed by atoms with Crippen molar-refractivity contribution in [2.75, 3.05) is 27.8 Å². The fourth-order valence-electron chi connectivity index (χ4n) is 2.16. The molecule has 7 heteroatoms. The molecule has 0 amide bonds. The van der Waals surface area contributed by atoms with Crippen molar-refractivity contribution in [3.8, 4) is 0 Å². The van der Waals surface area contributed by atoms with Gasteiger partial charge in [0.05, 0.1) is 31.8 Å². The molecule has 0 saturated carbocycles. The summed E-state index contributed by atoms with van der Waals surface area (Å²) in [4.78, 5) is 19.0. The molecule has 2 heterocycles. The van der Waals surface area contributed by atoms with Crippen molar-refractivity contribution in [2.45, 2.75) is 25.0 Å². The highest BCUT2D eigenvalue weighted by molar-refractivity contribution is 7.14. The van der Waals surface area contributed by atoms with Crippen molar-refractivity contribution in [3.63, 3.8) is 0 Å². The second-order valence-electron chi connectivity index (χ2n) is 5.21. The number of aliphatic hydroxyl groups is 1. The summed E-state index contributed by atoms with van der Waals surface area (Å²) in [5.74, 6) is -0.452. The molecule has 0 bridgehead atoms. The van der Waals surface area contributed by atoms with Gasteiger partial charge in [-0.25, -0.2) is 9.79 Å². The maximum Gasteiger partial charge on any atom is 0.350 e. The molecular weight excluding hydrogens is 292 g/mol. The first-order valence-corrected chi connectivity index (χ1v) is 7.47. The number of hydrogen-bond acceptors (Lipinski definition) is 6. The lowest BCUT2D eigenvalue weighted by molar-refractivity contribution is -0.0290. The maximum atomic E-state index is 11.9. The third-order valence-corrected chi connectivity index (χ3v) is 4.73. The third-order valence-electron chi connectivity index (χ3n) is 3.46. The summed E-state index contributed by atoms with van der Waals surface area (Å²) < 4.78 is 10.2. The van der Waals surface area contributed by atoms with E-state index in [9.17, 15) is 9.90 Å². The van der Waals surface area contributed by atoms with Crippen molar-refractivity contribution >= 4 is 29.3 Å². The van der Waals surface area contributed by atoms with Gasteiger partial charge in [-0.05, 0) is 13.0 Å². The van der Waals surface area contributed by atoms with Gasteiger partial charge in [-0.15, -0.1) is 11.3 Å². The predicted molar refractivity (Wildman–Crippen MR) is 81.4 cm³/mol. The van der Waals surface area contributed by atoms with Gasteiger partial charge in [-0.1, -0.05) is 0 Å². The third kappa shape index (κ3) is 3.09. The molecular formula is C14H20N2O4S. The van der Waals surface area contributed by atoms with Crippen LogP contribution in [0.25, 0.3) is 0 Å². The number of carbonyl (C=O) groups is 1. The molecule has 0 spiro atoms. The Morgan fingerprint density at radius 3 is 2.90 bits per heavy atom. The molecule has 0 aromatic carbocycles. The fraction of sp³-hybridized carbons (Fsp3) is 0.571. The van der Waals surface area contributed by atoms with Gasteiger partial charge in [0.15, 0.2) is 0 Å². The van der Waals surface area contributed by atoms with Gasteiger partial charge in [-0.2, -0.15) is 0 Å². The smallest absolute Gasteiger partial charge is 0.350 e. The summed E-state index contributed by atoms with van der Waals surface area (Å²) >= 11 is 1.21. The van der Waals surface area contributed by atoms with E-state index in [0.29, 0.717) is 28.5 Å². The number of ether oxygens (including phenoxy) is 2. The van der Waals surface area contributed by atoms with Crippen LogP contribution in [0.2, 0.25) is 0 Å². The number of methoxy groups -OCH3 is 1. The van der Waals surface area contributed by atoms with E-state index in [0.717, 1.165) is 0 Å². The molecule has 1 fully saturated rings. The van der Waals surface area contributed by atoms with E-state index in [1.54, 1.807) is 17.3 Å². The molecule has 1 aliphatic heterocycles. The molecule has 116 valence electrons. The van der Waals surface area contributed by atoms with Gasteiger partial charge in [0.25, 0.3) is 0 Å². The topological polar surface area (TPSA) is 71.4 Å². The molecule has 0 radical (unpaired) electrons. The Labute approximate surface area is 128 Å². The molecule has 1 saturated heterocycles. The van der Waals surface area contributed by atoms with Crippen molar-refractivity contribution in [2.24, 2.45) is 4.99 Å². The normalized spacial score (nSPS) is 25.5. The predicted octanol–water partition coefficient (Wildman–Crippen LogP) is 1.75. The summed E-state index contributed by atoms with van der Waals surface area (Å²) in [5.41, 5.74) is -0.567. The minimum Gasteiger partial charge on any atom is -0.465 e. The number of esters is 1. The van der Waals surface area contributed by atoms with Crippen LogP contribution in [0.5, 0.6) is 0 Å². The fourth-order valence-corrected chi connectivity index (χ4v) is 3.38. The quantitative estimate of drug-likeness (QED) is 0.521. The Bertz CT molecular complexity index is 555. The lowest BCUT2D eigenvalue weighted by Gasteiger charge is -2.24. The lowest BCUT2D eigenvalue weighted by atomic mass is 9.95. The lowest BCUT2D eigenvalue weighted by Crippen LogP contribution is -2.32. The van der Waals surface area contributed by atoms with E-state index in [1.807, 2.05) is 21.0 Å². The monoisotopic (exact) mass is 312 g/mol. The van der Waals surface area contributed by atoms with E-state index in [2.05, 4.69) is 4.99 Å². The first-order chi connectivity index (χ1) is 9.88. The SMILES string of the molecule is COC(=O)c1sc(C2(O)CCOC2C)cc1N=CN(C)C. The zero-order chi connectivity index (χ0) is 15.6. The zero-order valence-electron chi connectivity index (χ0n) is 12.6. The minimum atomic E-state index is -1.07. The summed E-state index contributed by atoms with van der Waals surface area (Å²) in [7, 11) is 5.02. The van der Waals surface area contributed by atoms with Crippen LogP contribution in [0, 0.1) is 0 Å². The van der Waals surface area contributed by atoms with Crippen LogP contribution in [0.1, 0.15) is 27.9 Å². The average Bonchev–Trinajstić information content (AvgIpc) is 3.01. The van der Waals surface area contributed by atoms with Gasteiger partial charge < -0.3 is 19.5 Å². The van der Waals surface area contributed by atoms with E-state index in [1.165, 1.54) is 18.4 Å². The molecule has 0 aliphatic carbocycles. The van der Waals surface area contributed by atoms with Crippen LogP contribution in [-0.4, -0.2) is 56.2 Å². The van der Waals surface area contributed by atoms with Crippen molar-refractivity contribution < 1.29 is 19.4 Å². The van der Waals surface area contributed by atoms with Crippen molar-refractivity contribution in [3.05, 3.63) is 15.8 Å². The highest BCUT2D eigenvalue weighted by Crippen LogP contribution is 2.43. The summed E-state index contributed by atoms with van der Waals surface area (Å²) in [5, 5.41) is 10.8. The number of carbonyl (C=O) groups excluding carboxylic acids is 1. The van der Waals surface area contributed by atoms with Crippen LogP contribution in [-0.2, 0) is 15.1 Å². The molecule has 2 atom stereocenters. The van der Waals surface area contributed by atoms with Crippen LogP contribution in [0.4, 0.5) is 5.69 Å². The summed E-state index contributed by atoms with van der Waals surface area (Å²) in [6.45, 7) is 2.33. The largest absolute Gasteiger partial charge is 0.465 e. The first kappa shape index (κ1) is 15.9. The molecule has 6 nitrogen and oxygen atoms in total. The van der Waals surface area contributed by atoms with Gasteiger partial charge in [0.2, 0.25) is 0 Å². The summed E-state index contributed by atoms with van der Waals surface area (Å²) in [6, 6.07) is 1.74. The minimum absolute atomic E-state index is 0.313. The number of nitrogens with zero attached hydrogens (tertiary/aromatic N) is 2. The van der Waals surface area contributed by atoms with E-state index >= 15 is 0 Å². The van der Waals surface area contributed by atoms with E-state index in [-0.39, 0.29) is 6.10 Å². The molecule has 1 aromatic rings. The maximum absolute atomic E-state index is 11.9. The molecule has 2 unspecified atom stereocenters. The van der Waals surface area contributed by atoms with Gasteiger partial charge in [-0.3, -0.25) is 0 Å². The molecule has 1 N–H and O–H groups in total. The van der Waals surface area contributed by atoms with Gasteiger partial charge >= 0.3 is 5.97 Å². The van der Waals surface area contributed by atoms with Crippen LogP contribution >= 0.6 is 11.3 Å². The first-order valence-electron chi connectivity index (χ1n) is 6.65. The highest BCUT2D eigenvalue weighted by Gasteiger charge is 2.43. The Kier molecular flexibility index (Phi) is 4.65. The zero-order valence-corrected chi connectivity index (χ0v) is 13.4. The molecule has 21 heavy (non-hydrogen) atoms. The number of hydrogen-bond donors (Lipinski definition) is 1. The van der Waals surface area contributed by atoms with Crippen LogP contribution < -0.4 is 0 Å². The second kappa shape index (κ2) is 6.13. The Morgan fingerprint density at radius 2 is 2.38 bits per heavy atom.